The largest absolute Gasteiger partial charge is 0.379 e. The second kappa shape index (κ2) is 5.89. The first-order valence-electron chi connectivity index (χ1n) is 7.65. The summed E-state index contributed by atoms with van der Waals surface area (Å²) in [6.07, 6.45) is 5.73. The Morgan fingerprint density at radius 1 is 1.33 bits per heavy atom. The highest BCUT2D eigenvalue weighted by atomic mass is 16.5. The van der Waals surface area contributed by atoms with E-state index < -0.39 is 0 Å². The summed E-state index contributed by atoms with van der Waals surface area (Å²) in [5.41, 5.74) is 6.77. The molecule has 3 aromatic heterocycles. The highest BCUT2D eigenvalue weighted by Gasteiger charge is 2.19. The Balaban J connectivity index is 1.86. The quantitative estimate of drug-likeness (QED) is 0.661. The Morgan fingerprint density at radius 3 is 2.92 bits per heavy atom. The Bertz CT molecular complexity index is 931. The summed E-state index contributed by atoms with van der Waals surface area (Å²) in [6, 6.07) is 3.82. The van der Waals surface area contributed by atoms with Crippen LogP contribution in [0.25, 0.3) is 22.0 Å². The first-order chi connectivity index (χ1) is 11.7. The van der Waals surface area contributed by atoms with E-state index in [0.717, 1.165) is 17.4 Å². The van der Waals surface area contributed by atoms with Gasteiger partial charge < -0.3 is 20.8 Å². The van der Waals surface area contributed by atoms with Crippen LogP contribution < -0.4 is 16.6 Å². The van der Waals surface area contributed by atoms with E-state index in [1.165, 1.54) is 0 Å². The van der Waals surface area contributed by atoms with Gasteiger partial charge in [-0.2, -0.15) is 0 Å². The molecule has 122 valence electrons. The summed E-state index contributed by atoms with van der Waals surface area (Å²) in [4.78, 5) is 27.6. The molecule has 24 heavy (non-hydrogen) atoms. The van der Waals surface area contributed by atoms with Gasteiger partial charge in [0.15, 0.2) is 0 Å². The summed E-state index contributed by atoms with van der Waals surface area (Å²) in [5.74, 6) is 0.745. The van der Waals surface area contributed by atoms with Gasteiger partial charge in [-0.1, -0.05) is 0 Å². The number of pyridine rings is 2. The number of ether oxygens (including phenoxy) is 1. The van der Waals surface area contributed by atoms with Crippen LogP contribution in [0.1, 0.15) is 6.42 Å². The number of anilines is 2. The fraction of sp³-hybridized carbons (Fsp3) is 0.250. The maximum absolute atomic E-state index is 12.3. The fourth-order valence-corrected chi connectivity index (χ4v) is 2.78. The van der Waals surface area contributed by atoms with Crippen LogP contribution in [0, 0.1) is 0 Å². The van der Waals surface area contributed by atoms with E-state index in [1.807, 2.05) is 12.1 Å². The van der Waals surface area contributed by atoms with E-state index in [1.54, 1.807) is 18.6 Å². The molecule has 1 unspecified atom stereocenters. The molecule has 0 amide bonds. The topological polar surface area (TPSA) is 119 Å². The molecule has 0 saturated carbocycles. The summed E-state index contributed by atoms with van der Waals surface area (Å²) < 4.78 is 5.39. The summed E-state index contributed by atoms with van der Waals surface area (Å²) in [6.45, 7) is 1.31. The molecule has 3 aromatic rings. The van der Waals surface area contributed by atoms with E-state index in [4.69, 9.17) is 10.5 Å². The number of nitrogens with two attached hydrogens (primary N) is 1. The SMILES string of the molecule is Nc1ncc(-c2cc3cc[nH]c(=O)c3c(NC3CCOC3)n2)cn1. The van der Waals surface area contributed by atoms with Gasteiger partial charge in [0.2, 0.25) is 5.95 Å². The average Bonchev–Trinajstić information content (AvgIpc) is 3.08. The monoisotopic (exact) mass is 324 g/mol. The number of H-pyrrole nitrogens is 1. The molecule has 0 radical (unpaired) electrons. The van der Waals surface area contributed by atoms with Crippen LogP contribution in [0.2, 0.25) is 0 Å². The highest BCUT2D eigenvalue weighted by molar-refractivity contribution is 5.93. The molecule has 4 N–H and O–H groups in total. The Labute approximate surface area is 137 Å². The molecule has 8 heteroatoms. The molecule has 0 spiro atoms. The maximum atomic E-state index is 12.3. The summed E-state index contributed by atoms with van der Waals surface area (Å²) in [5, 5.41) is 4.65. The zero-order valence-electron chi connectivity index (χ0n) is 12.8. The highest BCUT2D eigenvalue weighted by Crippen LogP contribution is 2.26. The number of aromatic amines is 1. The first kappa shape index (κ1) is 14.6. The summed E-state index contributed by atoms with van der Waals surface area (Å²) >= 11 is 0. The maximum Gasteiger partial charge on any atom is 0.259 e. The van der Waals surface area contributed by atoms with E-state index in [2.05, 4.69) is 25.3 Å². The smallest absolute Gasteiger partial charge is 0.259 e. The molecule has 4 heterocycles. The van der Waals surface area contributed by atoms with Crippen molar-refractivity contribution < 1.29 is 4.74 Å². The van der Waals surface area contributed by atoms with Crippen molar-refractivity contribution >= 4 is 22.5 Å². The lowest BCUT2D eigenvalue weighted by molar-refractivity contribution is 0.195. The van der Waals surface area contributed by atoms with Gasteiger partial charge in [0.25, 0.3) is 5.56 Å². The average molecular weight is 324 g/mol. The zero-order valence-corrected chi connectivity index (χ0v) is 12.8. The van der Waals surface area contributed by atoms with Gasteiger partial charge in [-0.25, -0.2) is 15.0 Å². The van der Waals surface area contributed by atoms with E-state index in [9.17, 15) is 4.79 Å². The Morgan fingerprint density at radius 2 is 2.17 bits per heavy atom. The molecule has 1 atom stereocenters. The van der Waals surface area contributed by atoms with Crippen LogP contribution in [-0.4, -0.2) is 39.2 Å². The van der Waals surface area contributed by atoms with Crippen LogP contribution in [0.4, 0.5) is 11.8 Å². The molecule has 1 saturated heterocycles. The molecule has 1 fully saturated rings. The van der Waals surface area contributed by atoms with Crippen LogP contribution >= 0.6 is 0 Å². The van der Waals surface area contributed by atoms with E-state index in [-0.39, 0.29) is 17.5 Å². The molecule has 0 bridgehead atoms. The molecule has 8 nitrogen and oxygen atoms in total. The predicted octanol–water partition coefficient (Wildman–Crippen LogP) is 1.16. The Kier molecular flexibility index (Phi) is 3.58. The molecule has 0 aromatic carbocycles. The number of nitrogens with zero attached hydrogens (tertiary/aromatic N) is 3. The summed E-state index contributed by atoms with van der Waals surface area (Å²) in [7, 11) is 0. The lowest BCUT2D eigenvalue weighted by Crippen LogP contribution is -2.21. The number of fused-ring (bicyclic) bond motifs is 1. The fourth-order valence-electron chi connectivity index (χ4n) is 2.78. The number of nitrogen functional groups attached to an aromatic ring is 1. The third-order valence-electron chi connectivity index (χ3n) is 3.99. The van der Waals surface area contributed by atoms with Gasteiger partial charge in [-0.3, -0.25) is 4.79 Å². The normalized spacial score (nSPS) is 17.2. The minimum absolute atomic E-state index is 0.137. The van der Waals surface area contributed by atoms with Gasteiger partial charge in [0.1, 0.15) is 5.82 Å². The number of aromatic nitrogens is 4. The van der Waals surface area contributed by atoms with E-state index in [0.29, 0.717) is 30.1 Å². The van der Waals surface area contributed by atoms with Crippen LogP contribution in [0.5, 0.6) is 0 Å². The van der Waals surface area contributed by atoms with Crippen molar-refractivity contribution in [1.29, 1.82) is 0 Å². The molecule has 1 aliphatic rings. The van der Waals surface area contributed by atoms with Gasteiger partial charge in [-0.15, -0.1) is 0 Å². The zero-order chi connectivity index (χ0) is 16.5. The number of hydrogen-bond donors (Lipinski definition) is 3. The van der Waals surface area contributed by atoms with Gasteiger partial charge in [0.05, 0.1) is 23.7 Å². The van der Waals surface area contributed by atoms with Crippen LogP contribution in [0.15, 0.2) is 35.5 Å². The third-order valence-corrected chi connectivity index (χ3v) is 3.99. The minimum Gasteiger partial charge on any atom is -0.379 e. The van der Waals surface area contributed by atoms with Crippen molar-refractivity contribution in [2.24, 2.45) is 0 Å². The number of nitrogens with one attached hydrogen (secondary N) is 2. The second-order valence-corrected chi connectivity index (χ2v) is 5.66. The number of rotatable bonds is 3. The molecular formula is C16H16N6O2. The van der Waals surface area contributed by atoms with Gasteiger partial charge in [-0.05, 0) is 23.9 Å². The van der Waals surface area contributed by atoms with Crippen molar-refractivity contribution in [2.75, 3.05) is 24.3 Å². The van der Waals surface area contributed by atoms with Crippen molar-refractivity contribution in [3.63, 3.8) is 0 Å². The molecule has 0 aliphatic carbocycles. The van der Waals surface area contributed by atoms with Crippen LogP contribution in [-0.2, 0) is 4.74 Å². The van der Waals surface area contributed by atoms with Crippen molar-refractivity contribution in [3.05, 3.63) is 41.1 Å². The van der Waals surface area contributed by atoms with Gasteiger partial charge in [0, 0.05) is 30.8 Å². The first-order valence-corrected chi connectivity index (χ1v) is 7.65. The van der Waals surface area contributed by atoms with Crippen molar-refractivity contribution in [3.8, 4) is 11.3 Å². The Hall–Kier alpha value is -3.00. The minimum atomic E-state index is -0.179. The van der Waals surface area contributed by atoms with Gasteiger partial charge >= 0.3 is 0 Å². The van der Waals surface area contributed by atoms with Crippen molar-refractivity contribution in [2.45, 2.75) is 12.5 Å². The third kappa shape index (κ3) is 2.67. The lowest BCUT2D eigenvalue weighted by atomic mass is 10.1. The van der Waals surface area contributed by atoms with Crippen molar-refractivity contribution in [1.82, 2.24) is 19.9 Å². The number of hydrogen-bond acceptors (Lipinski definition) is 7. The van der Waals surface area contributed by atoms with E-state index >= 15 is 0 Å². The molecule has 1 aliphatic heterocycles. The second-order valence-electron chi connectivity index (χ2n) is 5.66. The molecular weight excluding hydrogens is 308 g/mol. The molecule has 4 rings (SSSR count). The van der Waals surface area contributed by atoms with Crippen LogP contribution in [0.3, 0.4) is 0 Å². The standard InChI is InChI=1S/C16H16N6O2/c17-16-19-6-10(7-20-16)12-5-9-1-3-18-15(23)13(9)14(22-12)21-11-2-4-24-8-11/h1,3,5-7,11H,2,4,8H2,(H,18,23)(H,21,22)(H2,17,19,20). The predicted molar refractivity (Wildman–Crippen MR) is 90.6 cm³/mol. The lowest BCUT2D eigenvalue weighted by Gasteiger charge is -2.14.